The second kappa shape index (κ2) is 6.95. The highest BCUT2D eigenvalue weighted by atomic mass is 15.1. The van der Waals surface area contributed by atoms with Crippen LogP contribution in [-0.4, -0.2) is 15.0 Å². The van der Waals surface area contributed by atoms with Gasteiger partial charge in [0.15, 0.2) is 11.6 Å². The van der Waals surface area contributed by atoms with E-state index in [4.69, 9.17) is 5.73 Å². The standard InChI is InChI=1S/C18H20N6/c1-12-3-5-14(6-4-12)10-21-17-16(19)18(23-11-22-17)24-15-9-13(2)7-8-20-15/h3-9,11H,10,19H2,1-2H3,(H2,20,21,22,23,24). The Morgan fingerprint density at radius 3 is 2.42 bits per heavy atom. The highest BCUT2D eigenvalue weighted by Gasteiger charge is 2.09. The third kappa shape index (κ3) is 3.78. The fraction of sp³-hybridized carbons (Fsp3) is 0.167. The lowest BCUT2D eigenvalue weighted by Crippen LogP contribution is -2.08. The molecular weight excluding hydrogens is 300 g/mol. The van der Waals surface area contributed by atoms with Crippen molar-refractivity contribution in [2.75, 3.05) is 16.4 Å². The van der Waals surface area contributed by atoms with Crippen molar-refractivity contribution in [1.82, 2.24) is 15.0 Å². The van der Waals surface area contributed by atoms with Gasteiger partial charge in [0, 0.05) is 12.7 Å². The molecule has 0 radical (unpaired) electrons. The van der Waals surface area contributed by atoms with Crippen molar-refractivity contribution in [3.63, 3.8) is 0 Å². The van der Waals surface area contributed by atoms with Crippen LogP contribution in [0.4, 0.5) is 23.1 Å². The van der Waals surface area contributed by atoms with Crippen molar-refractivity contribution >= 4 is 23.1 Å². The van der Waals surface area contributed by atoms with Crippen LogP contribution in [0.2, 0.25) is 0 Å². The molecular formula is C18H20N6. The molecule has 0 amide bonds. The summed E-state index contributed by atoms with van der Waals surface area (Å²) in [6.45, 7) is 4.71. The lowest BCUT2D eigenvalue weighted by atomic mass is 10.1. The average Bonchev–Trinajstić information content (AvgIpc) is 2.57. The van der Waals surface area contributed by atoms with Crippen LogP contribution >= 0.6 is 0 Å². The first-order chi connectivity index (χ1) is 11.6. The quantitative estimate of drug-likeness (QED) is 0.667. The summed E-state index contributed by atoms with van der Waals surface area (Å²) in [6, 6.07) is 12.2. The van der Waals surface area contributed by atoms with Crippen LogP contribution in [0.25, 0.3) is 0 Å². The van der Waals surface area contributed by atoms with Gasteiger partial charge in [0.2, 0.25) is 0 Å². The molecule has 0 atom stereocenters. The Hall–Kier alpha value is -3.15. The van der Waals surface area contributed by atoms with Gasteiger partial charge in [0.1, 0.15) is 17.8 Å². The predicted molar refractivity (Wildman–Crippen MR) is 97.2 cm³/mol. The van der Waals surface area contributed by atoms with E-state index in [0.717, 1.165) is 11.1 Å². The molecule has 0 bridgehead atoms. The number of aryl methyl sites for hydroxylation is 2. The van der Waals surface area contributed by atoms with Gasteiger partial charge in [-0.1, -0.05) is 29.8 Å². The molecule has 6 heteroatoms. The zero-order valence-corrected chi connectivity index (χ0v) is 13.7. The minimum absolute atomic E-state index is 0.466. The minimum Gasteiger partial charge on any atom is -0.393 e. The van der Waals surface area contributed by atoms with Gasteiger partial charge in [-0.25, -0.2) is 15.0 Å². The number of nitrogen functional groups attached to an aromatic ring is 1. The van der Waals surface area contributed by atoms with E-state index >= 15 is 0 Å². The van der Waals surface area contributed by atoms with E-state index < -0.39 is 0 Å². The summed E-state index contributed by atoms with van der Waals surface area (Å²) in [5.41, 5.74) is 10.1. The van der Waals surface area contributed by atoms with Crippen LogP contribution in [0.1, 0.15) is 16.7 Å². The van der Waals surface area contributed by atoms with Crippen LogP contribution in [0.5, 0.6) is 0 Å². The lowest BCUT2D eigenvalue weighted by Gasteiger charge is -2.12. The van der Waals surface area contributed by atoms with Crippen molar-refractivity contribution in [1.29, 1.82) is 0 Å². The second-order valence-electron chi connectivity index (χ2n) is 5.67. The van der Waals surface area contributed by atoms with Crippen LogP contribution in [0.15, 0.2) is 48.9 Å². The Balaban J connectivity index is 1.74. The van der Waals surface area contributed by atoms with Gasteiger partial charge in [-0.2, -0.15) is 0 Å². The first-order valence-corrected chi connectivity index (χ1v) is 7.71. The number of nitrogens with two attached hydrogens (primary N) is 1. The van der Waals surface area contributed by atoms with Crippen molar-refractivity contribution in [2.24, 2.45) is 0 Å². The van der Waals surface area contributed by atoms with Crippen molar-refractivity contribution in [2.45, 2.75) is 20.4 Å². The van der Waals surface area contributed by atoms with E-state index in [2.05, 4.69) is 56.8 Å². The van der Waals surface area contributed by atoms with Crippen LogP contribution in [-0.2, 0) is 6.54 Å². The second-order valence-corrected chi connectivity index (χ2v) is 5.67. The summed E-state index contributed by atoms with van der Waals surface area (Å²) in [7, 11) is 0. The maximum atomic E-state index is 6.18. The van der Waals surface area contributed by atoms with Gasteiger partial charge in [-0.15, -0.1) is 0 Å². The highest BCUT2D eigenvalue weighted by Crippen LogP contribution is 2.25. The molecule has 3 aromatic rings. The molecule has 0 unspecified atom stereocenters. The van der Waals surface area contributed by atoms with Gasteiger partial charge >= 0.3 is 0 Å². The third-order valence-corrected chi connectivity index (χ3v) is 3.63. The number of pyridine rings is 1. The van der Waals surface area contributed by atoms with Crippen molar-refractivity contribution in [3.05, 3.63) is 65.6 Å². The number of rotatable bonds is 5. The molecule has 0 aliphatic heterocycles. The molecule has 4 N–H and O–H groups in total. The maximum absolute atomic E-state index is 6.18. The Kier molecular flexibility index (Phi) is 4.56. The first kappa shape index (κ1) is 15.7. The van der Waals surface area contributed by atoms with Gasteiger partial charge in [0.25, 0.3) is 0 Å². The van der Waals surface area contributed by atoms with Gasteiger partial charge in [-0.3, -0.25) is 0 Å². The van der Waals surface area contributed by atoms with E-state index in [1.54, 1.807) is 6.20 Å². The number of hydrogen-bond donors (Lipinski definition) is 3. The summed E-state index contributed by atoms with van der Waals surface area (Å²) >= 11 is 0. The molecule has 0 saturated carbocycles. The third-order valence-electron chi connectivity index (χ3n) is 3.63. The maximum Gasteiger partial charge on any atom is 0.160 e. The zero-order chi connectivity index (χ0) is 16.9. The van der Waals surface area contributed by atoms with Crippen LogP contribution in [0.3, 0.4) is 0 Å². The number of anilines is 4. The van der Waals surface area contributed by atoms with E-state index in [9.17, 15) is 0 Å². The van der Waals surface area contributed by atoms with Crippen LogP contribution in [0, 0.1) is 13.8 Å². The number of aromatic nitrogens is 3. The smallest absolute Gasteiger partial charge is 0.160 e. The number of hydrogen-bond acceptors (Lipinski definition) is 6. The zero-order valence-electron chi connectivity index (χ0n) is 13.7. The summed E-state index contributed by atoms with van der Waals surface area (Å²) in [5, 5.41) is 6.38. The fourth-order valence-electron chi connectivity index (χ4n) is 2.25. The summed E-state index contributed by atoms with van der Waals surface area (Å²) in [5.74, 6) is 1.83. The molecule has 122 valence electrons. The molecule has 2 heterocycles. The first-order valence-electron chi connectivity index (χ1n) is 7.71. The van der Waals surface area contributed by atoms with E-state index in [1.807, 2.05) is 19.1 Å². The van der Waals surface area contributed by atoms with Crippen molar-refractivity contribution in [3.8, 4) is 0 Å². The summed E-state index contributed by atoms with van der Waals surface area (Å²) < 4.78 is 0. The molecule has 24 heavy (non-hydrogen) atoms. The van der Waals surface area contributed by atoms with E-state index in [-0.39, 0.29) is 0 Å². The fourth-order valence-corrected chi connectivity index (χ4v) is 2.25. The normalized spacial score (nSPS) is 10.4. The number of nitrogens with one attached hydrogen (secondary N) is 2. The van der Waals surface area contributed by atoms with Gasteiger partial charge in [-0.05, 0) is 37.1 Å². The molecule has 0 saturated heterocycles. The summed E-state index contributed by atoms with van der Waals surface area (Å²) in [4.78, 5) is 12.7. The number of benzene rings is 1. The SMILES string of the molecule is Cc1ccc(CNc2ncnc(Nc3cc(C)ccn3)c2N)cc1. The number of nitrogens with zero attached hydrogens (tertiary/aromatic N) is 3. The van der Waals surface area contributed by atoms with Gasteiger partial charge in [0.05, 0.1) is 0 Å². The molecule has 0 aliphatic carbocycles. The average molecular weight is 320 g/mol. The molecule has 6 nitrogen and oxygen atoms in total. The topological polar surface area (TPSA) is 88.8 Å². The molecule has 0 spiro atoms. The monoisotopic (exact) mass is 320 g/mol. The molecule has 1 aromatic carbocycles. The Bertz CT molecular complexity index is 829. The van der Waals surface area contributed by atoms with Crippen LogP contribution < -0.4 is 16.4 Å². The minimum atomic E-state index is 0.466. The Labute approximate surface area is 141 Å². The van der Waals surface area contributed by atoms with E-state index in [1.165, 1.54) is 11.9 Å². The lowest BCUT2D eigenvalue weighted by molar-refractivity contribution is 1.08. The highest BCUT2D eigenvalue weighted by molar-refractivity contribution is 5.76. The predicted octanol–water partition coefficient (Wildman–Crippen LogP) is 3.43. The molecule has 0 aliphatic rings. The van der Waals surface area contributed by atoms with Crippen molar-refractivity contribution < 1.29 is 0 Å². The van der Waals surface area contributed by atoms with E-state index in [0.29, 0.717) is 29.7 Å². The Morgan fingerprint density at radius 2 is 1.67 bits per heavy atom. The largest absolute Gasteiger partial charge is 0.393 e. The molecule has 2 aromatic heterocycles. The van der Waals surface area contributed by atoms with Gasteiger partial charge < -0.3 is 16.4 Å². The molecule has 0 fully saturated rings. The molecule has 3 rings (SSSR count). The summed E-state index contributed by atoms with van der Waals surface area (Å²) in [6.07, 6.45) is 3.22. The Morgan fingerprint density at radius 1 is 0.917 bits per heavy atom.